The van der Waals surface area contributed by atoms with Crippen molar-refractivity contribution in [3.05, 3.63) is 0 Å². The highest BCUT2D eigenvalue weighted by Gasteiger charge is 2.03. The zero-order chi connectivity index (χ0) is 8.20. The number of hydrogen-bond acceptors (Lipinski definition) is 4. The second-order valence-electron chi connectivity index (χ2n) is 1.72. The van der Waals surface area contributed by atoms with E-state index in [-0.39, 0.29) is 12.4 Å². The third-order valence-electron chi connectivity index (χ3n) is 0.670. The summed E-state index contributed by atoms with van der Waals surface area (Å²) in [5.41, 5.74) is -0.983. The summed E-state index contributed by atoms with van der Waals surface area (Å²) in [6.07, 6.45) is 1.05. The maximum atomic E-state index is 10.4. The van der Waals surface area contributed by atoms with Crippen LogP contribution in [0.3, 0.4) is 0 Å². The predicted molar refractivity (Wildman–Crippen MR) is 36.9 cm³/mol. The minimum Gasteiger partial charge on any atom is -0.453 e. The monoisotopic (exact) mass is 186 g/mol. The summed E-state index contributed by atoms with van der Waals surface area (Å²) in [6.45, 7) is -0.179. The van der Waals surface area contributed by atoms with Gasteiger partial charge >= 0.3 is 5.43 Å². The van der Waals surface area contributed by atoms with Crippen LogP contribution in [0.5, 0.6) is 0 Å². The average Bonchev–Trinajstić information content (AvgIpc) is 1.59. The van der Waals surface area contributed by atoms with Crippen molar-refractivity contribution in [3.8, 4) is 0 Å². The fraction of sp³-hybridized carbons (Fsp3) is 0.750. The van der Waals surface area contributed by atoms with E-state index in [2.05, 4.69) is 4.74 Å². The van der Waals surface area contributed by atoms with Crippen LogP contribution in [0.4, 0.5) is 4.79 Å². The molecule has 0 atom stereocenters. The van der Waals surface area contributed by atoms with E-state index in [9.17, 15) is 13.2 Å². The Morgan fingerprint density at radius 3 is 2.40 bits per heavy atom. The molecule has 0 spiro atoms. The number of carbonyl (C=O) groups is 1. The second kappa shape index (κ2) is 3.78. The molecule has 0 N–H and O–H groups in total. The number of rotatable bonds is 3. The van der Waals surface area contributed by atoms with Crippen molar-refractivity contribution in [1.29, 1.82) is 0 Å². The van der Waals surface area contributed by atoms with Crippen LogP contribution in [-0.4, -0.2) is 32.5 Å². The van der Waals surface area contributed by atoms with Crippen molar-refractivity contribution >= 4 is 26.9 Å². The molecule has 0 fully saturated rings. The second-order valence-corrected chi connectivity index (χ2v) is 4.28. The van der Waals surface area contributed by atoms with Crippen molar-refractivity contribution in [3.63, 3.8) is 0 Å². The molecule has 0 heterocycles. The van der Waals surface area contributed by atoms with Crippen molar-refractivity contribution in [1.82, 2.24) is 0 Å². The third kappa shape index (κ3) is 7.71. The van der Waals surface area contributed by atoms with Crippen LogP contribution in [0.2, 0.25) is 0 Å². The molecular weight excluding hydrogens is 180 g/mol. The first-order valence-electron chi connectivity index (χ1n) is 2.42. The van der Waals surface area contributed by atoms with Gasteiger partial charge in [0.05, 0.1) is 5.75 Å². The molecule has 60 valence electrons. The van der Waals surface area contributed by atoms with E-state index in [1.54, 1.807) is 0 Å². The molecule has 0 rings (SSSR count). The minimum absolute atomic E-state index is 0.179. The molecule has 0 aliphatic heterocycles. The maximum Gasteiger partial charge on any atom is 0.403 e. The van der Waals surface area contributed by atoms with Gasteiger partial charge in [-0.3, -0.25) is 0 Å². The average molecular weight is 187 g/mol. The van der Waals surface area contributed by atoms with E-state index in [0.29, 0.717) is 0 Å². The highest BCUT2D eigenvalue weighted by Crippen LogP contribution is 1.88. The Labute approximate surface area is 64.0 Å². The largest absolute Gasteiger partial charge is 0.453 e. The molecule has 0 radical (unpaired) electrons. The van der Waals surface area contributed by atoms with Crippen LogP contribution in [0.25, 0.3) is 0 Å². The van der Waals surface area contributed by atoms with Crippen LogP contribution in [0.15, 0.2) is 0 Å². The Bertz CT molecular complexity index is 207. The number of ether oxygens (including phenoxy) is 1. The van der Waals surface area contributed by atoms with Gasteiger partial charge in [0.1, 0.15) is 6.61 Å². The molecule has 0 saturated carbocycles. The molecule has 0 saturated heterocycles. The van der Waals surface area contributed by atoms with Crippen LogP contribution in [0.1, 0.15) is 0 Å². The zero-order valence-corrected chi connectivity index (χ0v) is 6.91. The third-order valence-corrected chi connectivity index (χ3v) is 1.69. The Balaban J connectivity index is 3.49. The predicted octanol–water partition coefficient (Wildman–Crippen LogP) is 0.406. The van der Waals surface area contributed by atoms with Crippen LogP contribution in [-0.2, 0) is 14.6 Å². The highest BCUT2D eigenvalue weighted by atomic mass is 35.5. The molecule has 0 aliphatic rings. The van der Waals surface area contributed by atoms with Gasteiger partial charge in [0.2, 0.25) is 0 Å². The van der Waals surface area contributed by atoms with Gasteiger partial charge in [-0.15, -0.1) is 0 Å². The minimum atomic E-state index is -3.06. The zero-order valence-electron chi connectivity index (χ0n) is 5.33. The molecule has 0 bridgehead atoms. The lowest BCUT2D eigenvalue weighted by molar-refractivity contribution is 0.180. The quantitative estimate of drug-likeness (QED) is 0.599. The van der Waals surface area contributed by atoms with Crippen molar-refractivity contribution in [2.75, 3.05) is 18.6 Å². The first-order chi connectivity index (χ1) is 4.42. The molecular formula is C4H7ClO4S. The van der Waals surface area contributed by atoms with Gasteiger partial charge in [0.15, 0.2) is 9.84 Å². The summed E-state index contributed by atoms with van der Waals surface area (Å²) in [6, 6.07) is 0. The van der Waals surface area contributed by atoms with E-state index in [4.69, 9.17) is 11.6 Å². The van der Waals surface area contributed by atoms with Gasteiger partial charge in [0, 0.05) is 17.9 Å². The summed E-state index contributed by atoms with van der Waals surface area (Å²) in [5, 5.41) is 0. The van der Waals surface area contributed by atoms with Gasteiger partial charge in [-0.05, 0) is 0 Å². The van der Waals surface area contributed by atoms with Crippen molar-refractivity contribution < 1.29 is 17.9 Å². The fourth-order valence-corrected chi connectivity index (χ4v) is 0.737. The lowest BCUT2D eigenvalue weighted by Crippen LogP contribution is -2.10. The summed E-state index contributed by atoms with van der Waals surface area (Å²) >= 11 is 4.75. The lowest BCUT2D eigenvalue weighted by Gasteiger charge is -1.96. The van der Waals surface area contributed by atoms with Gasteiger partial charge in [-0.1, -0.05) is 0 Å². The maximum absolute atomic E-state index is 10.4. The topological polar surface area (TPSA) is 60.4 Å². The Hall–Kier alpha value is -0.290. The van der Waals surface area contributed by atoms with Gasteiger partial charge in [-0.25, -0.2) is 13.2 Å². The first kappa shape index (κ1) is 9.71. The first-order valence-corrected chi connectivity index (χ1v) is 4.85. The summed E-state index contributed by atoms with van der Waals surface area (Å²) < 4.78 is 24.9. The van der Waals surface area contributed by atoms with Crippen molar-refractivity contribution in [2.45, 2.75) is 0 Å². The highest BCUT2D eigenvalue weighted by molar-refractivity contribution is 7.90. The summed E-state index contributed by atoms with van der Waals surface area (Å²) in [4.78, 5) is 9.88. The van der Waals surface area contributed by atoms with Crippen LogP contribution >= 0.6 is 11.6 Å². The van der Waals surface area contributed by atoms with E-state index < -0.39 is 15.3 Å². The van der Waals surface area contributed by atoms with Crippen molar-refractivity contribution in [2.24, 2.45) is 0 Å². The molecule has 0 aromatic heterocycles. The van der Waals surface area contributed by atoms with Gasteiger partial charge in [0.25, 0.3) is 0 Å². The molecule has 4 nitrogen and oxygen atoms in total. The summed E-state index contributed by atoms with van der Waals surface area (Å²) in [7, 11) is -3.06. The van der Waals surface area contributed by atoms with Gasteiger partial charge < -0.3 is 4.74 Å². The van der Waals surface area contributed by atoms with E-state index in [0.717, 1.165) is 6.26 Å². The normalized spacial score (nSPS) is 11.0. The van der Waals surface area contributed by atoms with E-state index in [1.165, 1.54) is 0 Å². The van der Waals surface area contributed by atoms with Crippen LogP contribution < -0.4 is 0 Å². The number of halogens is 1. The standard InChI is InChI=1S/C4H7ClO4S/c1-10(7,8)3-2-9-4(5)6/h2-3H2,1H3. The number of hydrogen-bond donors (Lipinski definition) is 0. The Kier molecular flexibility index (Phi) is 3.67. The molecule has 0 aromatic rings. The number of sulfone groups is 1. The smallest absolute Gasteiger partial charge is 0.403 e. The number of carbonyl (C=O) groups excluding carboxylic acids is 1. The van der Waals surface area contributed by atoms with E-state index in [1.807, 2.05) is 0 Å². The Morgan fingerprint density at radius 1 is 1.60 bits per heavy atom. The molecule has 0 aromatic carbocycles. The molecule has 6 heteroatoms. The van der Waals surface area contributed by atoms with Gasteiger partial charge in [-0.2, -0.15) is 0 Å². The molecule has 10 heavy (non-hydrogen) atoms. The fourth-order valence-electron chi connectivity index (χ4n) is 0.273. The molecule has 0 amide bonds. The van der Waals surface area contributed by atoms with E-state index >= 15 is 0 Å². The lowest BCUT2D eigenvalue weighted by atomic mass is 10.9. The summed E-state index contributed by atoms with van der Waals surface area (Å²) in [5.74, 6) is -0.189. The van der Waals surface area contributed by atoms with Crippen LogP contribution in [0, 0.1) is 0 Å². The Morgan fingerprint density at radius 2 is 2.10 bits per heavy atom. The SMILES string of the molecule is CS(=O)(=O)CCOC(=O)Cl. The molecule has 0 aliphatic carbocycles. The molecule has 0 unspecified atom stereocenters.